The molecule has 106 valence electrons. The molecule has 0 saturated carbocycles. The summed E-state index contributed by atoms with van der Waals surface area (Å²) in [4.78, 5) is 12.3. The van der Waals surface area contributed by atoms with Crippen LogP contribution < -0.4 is 4.74 Å². The molecule has 0 aliphatic rings. The van der Waals surface area contributed by atoms with Crippen LogP contribution in [0.15, 0.2) is 18.2 Å². The van der Waals surface area contributed by atoms with E-state index in [4.69, 9.17) is 4.74 Å². The monoisotopic (exact) mass is 268 g/mol. The summed E-state index contributed by atoms with van der Waals surface area (Å²) in [6.07, 6.45) is 0. The van der Waals surface area contributed by atoms with E-state index in [-0.39, 0.29) is 12.3 Å². The van der Waals surface area contributed by atoms with Gasteiger partial charge in [0.2, 0.25) is 0 Å². The van der Waals surface area contributed by atoms with Gasteiger partial charge in [0.15, 0.2) is 0 Å². The Morgan fingerprint density at radius 3 is 2.58 bits per heavy atom. The van der Waals surface area contributed by atoms with Crippen LogP contribution in [-0.4, -0.2) is 41.2 Å². The number of benzene rings is 1. The van der Waals surface area contributed by atoms with Crippen LogP contribution in [0.5, 0.6) is 5.75 Å². The van der Waals surface area contributed by atoms with Gasteiger partial charge in [-0.1, -0.05) is 0 Å². The van der Waals surface area contributed by atoms with E-state index in [2.05, 4.69) is 0 Å². The Balaban J connectivity index is 3.04. The van der Waals surface area contributed by atoms with Crippen molar-refractivity contribution in [3.8, 4) is 5.75 Å². The van der Waals surface area contributed by atoms with Crippen LogP contribution in [-0.2, 0) is 6.54 Å². The summed E-state index contributed by atoms with van der Waals surface area (Å²) in [5.74, 6) is 0.603. The Labute approximate surface area is 112 Å². The van der Waals surface area contributed by atoms with Crippen LogP contribution in [0.2, 0.25) is 0 Å². The number of nitro groups is 1. The second-order valence-electron chi connectivity index (χ2n) is 5.08. The number of likely N-dealkylation sites (N-methyl/N-ethyl adjacent to an activating group) is 1. The second kappa shape index (κ2) is 5.99. The lowest BCUT2D eigenvalue weighted by molar-refractivity contribution is -0.385. The highest BCUT2D eigenvalue weighted by atomic mass is 16.6. The fraction of sp³-hybridized carbons (Fsp3) is 0.538. The molecule has 1 aromatic rings. The summed E-state index contributed by atoms with van der Waals surface area (Å²) in [6.45, 7) is 4.26. The number of non-ortho nitro benzene ring substituents is 1. The number of ether oxygens (including phenoxy) is 1. The number of aliphatic hydroxyl groups excluding tert-OH is 1. The van der Waals surface area contributed by atoms with E-state index >= 15 is 0 Å². The number of hydrogen-bond acceptors (Lipinski definition) is 5. The predicted octanol–water partition coefficient (Wildman–Crippen LogP) is 1.81. The molecule has 6 nitrogen and oxygen atoms in total. The second-order valence-corrected chi connectivity index (χ2v) is 5.08. The maximum atomic E-state index is 10.8. The van der Waals surface area contributed by atoms with Crippen molar-refractivity contribution in [2.24, 2.45) is 0 Å². The Morgan fingerprint density at radius 1 is 1.47 bits per heavy atom. The van der Waals surface area contributed by atoms with Gasteiger partial charge in [0.05, 0.1) is 18.6 Å². The quantitative estimate of drug-likeness (QED) is 0.629. The zero-order valence-electron chi connectivity index (χ0n) is 11.7. The van der Waals surface area contributed by atoms with Crippen molar-refractivity contribution in [3.63, 3.8) is 0 Å². The Hall–Kier alpha value is -1.66. The Bertz CT molecular complexity index is 460. The minimum Gasteiger partial charge on any atom is -0.496 e. The first kappa shape index (κ1) is 15.4. The lowest BCUT2D eigenvalue weighted by atomic mass is 10.0. The molecular weight excluding hydrogens is 248 g/mol. The van der Waals surface area contributed by atoms with Crippen molar-refractivity contribution in [2.75, 3.05) is 20.8 Å². The molecule has 0 spiro atoms. The van der Waals surface area contributed by atoms with Crippen molar-refractivity contribution in [2.45, 2.75) is 25.9 Å². The summed E-state index contributed by atoms with van der Waals surface area (Å²) in [7, 11) is 3.39. The molecule has 1 rings (SSSR count). The Kier molecular flexibility index (Phi) is 4.85. The van der Waals surface area contributed by atoms with Crippen molar-refractivity contribution in [1.82, 2.24) is 4.90 Å². The molecule has 0 saturated heterocycles. The van der Waals surface area contributed by atoms with Gasteiger partial charge in [-0.05, 0) is 27.0 Å². The molecule has 0 bridgehead atoms. The summed E-state index contributed by atoms with van der Waals surface area (Å²) >= 11 is 0. The fourth-order valence-electron chi connectivity index (χ4n) is 1.59. The van der Waals surface area contributed by atoms with Gasteiger partial charge in [-0.25, -0.2) is 0 Å². The molecule has 0 radical (unpaired) electrons. The third-order valence-corrected chi connectivity index (χ3v) is 3.30. The minimum atomic E-state index is -0.430. The number of methoxy groups -OCH3 is 1. The molecule has 0 atom stereocenters. The third-order valence-electron chi connectivity index (χ3n) is 3.30. The van der Waals surface area contributed by atoms with E-state index in [9.17, 15) is 15.2 Å². The van der Waals surface area contributed by atoms with Crippen molar-refractivity contribution in [3.05, 3.63) is 33.9 Å². The molecule has 1 N–H and O–H groups in total. The highest BCUT2D eigenvalue weighted by molar-refractivity contribution is 5.43. The molecule has 0 heterocycles. The molecule has 0 fully saturated rings. The third kappa shape index (κ3) is 3.65. The summed E-state index contributed by atoms with van der Waals surface area (Å²) in [5.41, 5.74) is 0.349. The fourth-order valence-corrected chi connectivity index (χ4v) is 1.59. The minimum absolute atomic E-state index is 0.000736. The van der Waals surface area contributed by atoms with Crippen LogP contribution >= 0.6 is 0 Å². The molecule has 0 unspecified atom stereocenters. The van der Waals surface area contributed by atoms with Crippen LogP contribution in [0.4, 0.5) is 5.69 Å². The maximum absolute atomic E-state index is 10.8. The number of nitrogens with zero attached hydrogens (tertiary/aromatic N) is 2. The highest BCUT2D eigenvalue weighted by Crippen LogP contribution is 2.26. The van der Waals surface area contributed by atoms with Gasteiger partial charge in [0.25, 0.3) is 5.69 Å². The number of rotatable bonds is 6. The van der Waals surface area contributed by atoms with E-state index in [0.29, 0.717) is 12.3 Å². The van der Waals surface area contributed by atoms with E-state index in [0.717, 1.165) is 5.56 Å². The molecular formula is C13H20N2O4. The molecule has 1 aromatic carbocycles. The van der Waals surface area contributed by atoms with Gasteiger partial charge in [0, 0.05) is 29.8 Å². The molecule has 0 aliphatic carbocycles. The maximum Gasteiger partial charge on any atom is 0.270 e. The number of hydrogen-bond donors (Lipinski definition) is 1. The molecule has 0 aliphatic heterocycles. The van der Waals surface area contributed by atoms with Gasteiger partial charge < -0.3 is 9.84 Å². The SMILES string of the molecule is COc1ccc([N+](=O)[O-])cc1CN(C)C(C)(C)CO. The first-order chi connectivity index (χ1) is 8.81. The van der Waals surface area contributed by atoms with Crippen molar-refractivity contribution in [1.29, 1.82) is 0 Å². The zero-order valence-corrected chi connectivity index (χ0v) is 11.7. The zero-order chi connectivity index (χ0) is 14.6. The number of aliphatic hydroxyl groups is 1. The lowest BCUT2D eigenvalue weighted by Crippen LogP contribution is -2.43. The molecule has 0 amide bonds. The molecule has 0 aromatic heterocycles. The summed E-state index contributed by atoms with van der Waals surface area (Å²) in [6, 6.07) is 4.51. The lowest BCUT2D eigenvalue weighted by Gasteiger charge is -2.34. The standard InChI is InChI=1S/C13H20N2O4/c1-13(2,9-16)14(3)8-10-7-11(15(17)18)5-6-12(10)19-4/h5-7,16H,8-9H2,1-4H3. The Morgan fingerprint density at radius 2 is 2.11 bits per heavy atom. The molecule has 19 heavy (non-hydrogen) atoms. The van der Waals surface area contributed by atoms with Gasteiger partial charge in [-0.3, -0.25) is 15.0 Å². The van der Waals surface area contributed by atoms with Gasteiger partial charge in [-0.2, -0.15) is 0 Å². The largest absolute Gasteiger partial charge is 0.496 e. The van der Waals surface area contributed by atoms with Gasteiger partial charge >= 0.3 is 0 Å². The first-order valence-corrected chi connectivity index (χ1v) is 5.95. The van der Waals surface area contributed by atoms with Crippen LogP contribution in [0.25, 0.3) is 0 Å². The topological polar surface area (TPSA) is 75.8 Å². The highest BCUT2D eigenvalue weighted by Gasteiger charge is 2.24. The number of nitro benzene ring substituents is 1. The van der Waals surface area contributed by atoms with Crippen LogP contribution in [0.3, 0.4) is 0 Å². The normalized spacial score (nSPS) is 11.7. The summed E-state index contributed by atoms with van der Waals surface area (Å²) in [5, 5.41) is 20.1. The van der Waals surface area contributed by atoms with Crippen LogP contribution in [0.1, 0.15) is 19.4 Å². The van der Waals surface area contributed by atoms with Crippen molar-refractivity contribution < 1.29 is 14.8 Å². The van der Waals surface area contributed by atoms with E-state index in [1.54, 1.807) is 6.07 Å². The molecule has 6 heteroatoms. The van der Waals surface area contributed by atoms with Crippen molar-refractivity contribution >= 4 is 5.69 Å². The van der Waals surface area contributed by atoms with Gasteiger partial charge in [-0.15, -0.1) is 0 Å². The summed E-state index contributed by atoms with van der Waals surface area (Å²) < 4.78 is 5.22. The average molecular weight is 268 g/mol. The van der Waals surface area contributed by atoms with E-state index < -0.39 is 10.5 Å². The van der Waals surface area contributed by atoms with Gasteiger partial charge in [0.1, 0.15) is 5.75 Å². The smallest absolute Gasteiger partial charge is 0.270 e. The van der Waals surface area contributed by atoms with E-state index in [1.807, 2.05) is 25.8 Å². The first-order valence-electron chi connectivity index (χ1n) is 5.95. The van der Waals surface area contributed by atoms with E-state index in [1.165, 1.54) is 19.2 Å². The van der Waals surface area contributed by atoms with Crippen LogP contribution in [0, 0.1) is 10.1 Å². The average Bonchev–Trinajstić information content (AvgIpc) is 2.38. The predicted molar refractivity (Wildman–Crippen MR) is 72.3 cm³/mol.